The van der Waals surface area contributed by atoms with Gasteiger partial charge in [0, 0.05) is 24.7 Å². The molecule has 0 bridgehead atoms. The number of rotatable bonds is 7. The lowest BCUT2D eigenvalue weighted by Gasteiger charge is -2.24. The molecule has 0 saturated heterocycles. The van der Waals surface area contributed by atoms with Crippen LogP contribution in [0.4, 0.5) is 4.39 Å². The molecule has 0 aliphatic carbocycles. The van der Waals surface area contributed by atoms with Crippen molar-refractivity contribution in [1.29, 1.82) is 0 Å². The van der Waals surface area contributed by atoms with Crippen molar-refractivity contribution in [2.24, 2.45) is 5.41 Å². The Kier molecular flexibility index (Phi) is 6.12. The summed E-state index contributed by atoms with van der Waals surface area (Å²) in [4.78, 5) is -0.344. The maximum Gasteiger partial charge on any atom is 0.243 e. The Balaban J connectivity index is 2.80. The van der Waals surface area contributed by atoms with E-state index in [4.69, 9.17) is 4.74 Å². The van der Waals surface area contributed by atoms with Crippen molar-refractivity contribution < 1.29 is 17.5 Å². The molecule has 0 amide bonds. The average molecular weight is 368 g/mol. The smallest absolute Gasteiger partial charge is 0.243 e. The highest BCUT2D eigenvalue weighted by molar-refractivity contribution is 9.10. The maximum absolute atomic E-state index is 13.7. The summed E-state index contributed by atoms with van der Waals surface area (Å²) in [6.07, 6.45) is 0.703. The SMILES string of the molecule is COCCC(C)(C)CNS(=O)(=O)c1ccc(Br)cc1F. The summed E-state index contributed by atoms with van der Waals surface area (Å²) >= 11 is 3.09. The molecular weight excluding hydrogens is 349 g/mol. The number of ether oxygens (including phenoxy) is 1. The molecule has 1 N–H and O–H groups in total. The van der Waals surface area contributed by atoms with Crippen LogP contribution in [0.3, 0.4) is 0 Å². The van der Waals surface area contributed by atoms with Crippen LogP contribution < -0.4 is 4.72 Å². The Bertz CT molecular complexity index is 561. The van der Waals surface area contributed by atoms with Crippen LogP contribution in [0.1, 0.15) is 20.3 Å². The van der Waals surface area contributed by atoms with E-state index in [0.717, 1.165) is 6.07 Å². The number of sulfonamides is 1. The largest absolute Gasteiger partial charge is 0.385 e. The summed E-state index contributed by atoms with van der Waals surface area (Å²) in [5.41, 5.74) is -0.269. The van der Waals surface area contributed by atoms with Gasteiger partial charge in [-0.3, -0.25) is 0 Å². The second kappa shape index (κ2) is 6.98. The summed E-state index contributed by atoms with van der Waals surface area (Å²) in [6, 6.07) is 3.86. The minimum Gasteiger partial charge on any atom is -0.385 e. The lowest BCUT2D eigenvalue weighted by molar-refractivity contribution is 0.153. The highest BCUT2D eigenvalue weighted by Gasteiger charge is 2.24. The highest BCUT2D eigenvalue weighted by Crippen LogP contribution is 2.22. The van der Waals surface area contributed by atoms with Crippen LogP contribution in [0.5, 0.6) is 0 Å². The normalized spacial score (nSPS) is 12.7. The zero-order chi connectivity index (χ0) is 15.4. The van der Waals surface area contributed by atoms with E-state index in [9.17, 15) is 12.8 Å². The summed E-state index contributed by atoms with van der Waals surface area (Å²) in [7, 11) is -2.26. The maximum atomic E-state index is 13.7. The summed E-state index contributed by atoms with van der Waals surface area (Å²) in [5, 5.41) is 0. The minimum atomic E-state index is -3.85. The third kappa shape index (κ3) is 5.12. The Morgan fingerprint density at radius 1 is 1.40 bits per heavy atom. The second-order valence-electron chi connectivity index (χ2n) is 5.31. The number of halogens is 2. The Morgan fingerprint density at radius 3 is 2.60 bits per heavy atom. The molecule has 0 heterocycles. The van der Waals surface area contributed by atoms with Gasteiger partial charge in [-0.05, 0) is 30.0 Å². The zero-order valence-corrected chi connectivity index (χ0v) is 14.1. The average Bonchev–Trinajstić information content (AvgIpc) is 2.34. The second-order valence-corrected chi connectivity index (χ2v) is 7.96. The van der Waals surface area contributed by atoms with Crippen molar-refractivity contribution >= 4 is 26.0 Å². The molecule has 7 heteroatoms. The van der Waals surface area contributed by atoms with Crippen molar-refractivity contribution in [2.75, 3.05) is 20.3 Å². The van der Waals surface area contributed by atoms with Crippen molar-refractivity contribution in [3.05, 3.63) is 28.5 Å². The van der Waals surface area contributed by atoms with Crippen LogP contribution >= 0.6 is 15.9 Å². The molecule has 0 aliphatic heterocycles. The molecular formula is C13H19BrFNO3S. The van der Waals surface area contributed by atoms with Gasteiger partial charge in [0.1, 0.15) is 10.7 Å². The van der Waals surface area contributed by atoms with Gasteiger partial charge in [0.15, 0.2) is 0 Å². The first kappa shape index (κ1) is 17.6. The van der Waals surface area contributed by atoms with E-state index in [2.05, 4.69) is 20.7 Å². The van der Waals surface area contributed by atoms with Crippen molar-refractivity contribution in [1.82, 2.24) is 4.72 Å². The molecule has 1 rings (SSSR count). The van der Waals surface area contributed by atoms with Gasteiger partial charge < -0.3 is 4.74 Å². The van der Waals surface area contributed by atoms with Gasteiger partial charge >= 0.3 is 0 Å². The van der Waals surface area contributed by atoms with Gasteiger partial charge in [-0.2, -0.15) is 0 Å². The third-order valence-corrected chi connectivity index (χ3v) is 4.83. The lowest BCUT2D eigenvalue weighted by Crippen LogP contribution is -2.35. The first-order valence-electron chi connectivity index (χ1n) is 6.12. The van der Waals surface area contributed by atoms with Gasteiger partial charge in [0.25, 0.3) is 0 Å². The number of benzene rings is 1. The van der Waals surface area contributed by atoms with E-state index in [1.807, 2.05) is 13.8 Å². The van der Waals surface area contributed by atoms with E-state index in [0.29, 0.717) is 17.5 Å². The number of hydrogen-bond acceptors (Lipinski definition) is 3. The van der Waals surface area contributed by atoms with Crippen molar-refractivity contribution in [3.63, 3.8) is 0 Å². The van der Waals surface area contributed by atoms with Crippen LogP contribution in [0.2, 0.25) is 0 Å². The van der Waals surface area contributed by atoms with Gasteiger partial charge in [0.2, 0.25) is 10.0 Å². The fourth-order valence-electron chi connectivity index (χ4n) is 1.53. The summed E-state index contributed by atoms with van der Waals surface area (Å²) in [5.74, 6) is -0.776. The first-order valence-corrected chi connectivity index (χ1v) is 8.39. The van der Waals surface area contributed by atoms with Crippen molar-refractivity contribution in [2.45, 2.75) is 25.2 Å². The zero-order valence-electron chi connectivity index (χ0n) is 11.7. The van der Waals surface area contributed by atoms with Gasteiger partial charge in [-0.15, -0.1) is 0 Å². The van der Waals surface area contributed by atoms with Gasteiger partial charge in [0.05, 0.1) is 0 Å². The third-order valence-electron chi connectivity index (χ3n) is 2.91. The quantitative estimate of drug-likeness (QED) is 0.805. The van der Waals surface area contributed by atoms with Crippen LogP contribution in [0, 0.1) is 11.2 Å². The standard InChI is InChI=1S/C13H19BrFNO3S/c1-13(2,6-7-19-3)9-16-20(17,18)12-5-4-10(14)8-11(12)15/h4-5,8,16H,6-7,9H2,1-3H3. The summed E-state index contributed by atoms with van der Waals surface area (Å²) < 4.78 is 45.8. The molecule has 0 aromatic heterocycles. The number of nitrogens with one attached hydrogen (secondary N) is 1. The predicted octanol–water partition coefficient (Wildman–Crippen LogP) is 2.93. The highest BCUT2D eigenvalue weighted by atomic mass is 79.9. The Labute approximate surface area is 127 Å². The molecule has 20 heavy (non-hydrogen) atoms. The monoisotopic (exact) mass is 367 g/mol. The Morgan fingerprint density at radius 2 is 2.05 bits per heavy atom. The number of methoxy groups -OCH3 is 1. The van der Waals surface area contributed by atoms with Gasteiger partial charge in [-0.1, -0.05) is 29.8 Å². The van der Waals surface area contributed by atoms with Crippen LogP contribution in [0.15, 0.2) is 27.6 Å². The van der Waals surface area contributed by atoms with E-state index in [1.54, 1.807) is 7.11 Å². The van der Waals surface area contributed by atoms with Crippen molar-refractivity contribution in [3.8, 4) is 0 Å². The van der Waals surface area contributed by atoms with Crippen LogP contribution in [-0.4, -0.2) is 28.7 Å². The molecule has 0 unspecified atom stereocenters. The molecule has 0 fully saturated rings. The van der Waals surface area contributed by atoms with E-state index in [1.165, 1.54) is 12.1 Å². The molecule has 4 nitrogen and oxygen atoms in total. The topological polar surface area (TPSA) is 55.4 Å². The molecule has 1 aromatic carbocycles. The molecule has 0 aliphatic rings. The lowest BCUT2D eigenvalue weighted by atomic mass is 9.90. The molecule has 0 spiro atoms. The fraction of sp³-hybridized carbons (Fsp3) is 0.538. The fourth-order valence-corrected chi connectivity index (χ4v) is 3.16. The molecule has 0 atom stereocenters. The Hall–Kier alpha value is -0.500. The van der Waals surface area contributed by atoms with Crippen LogP contribution in [0.25, 0.3) is 0 Å². The van der Waals surface area contributed by atoms with E-state index < -0.39 is 15.8 Å². The molecule has 114 valence electrons. The van der Waals surface area contributed by atoms with E-state index in [-0.39, 0.29) is 16.9 Å². The minimum absolute atomic E-state index is 0.216. The summed E-state index contributed by atoms with van der Waals surface area (Å²) in [6.45, 7) is 4.61. The molecule has 1 aromatic rings. The first-order chi connectivity index (χ1) is 9.18. The predicted molar refractivity (Wildman–Crippen MR) is 79.6 cm³/mol. The molecule has 0 radical (unpaired) electrons. The van der Waals surface area contributed by atoms with Gasteiger partial charge in [-0.25, -0.2) is 17.5 Å². The molecule has 0 saturated carbocycles. The number of hydrogen-bond donors (Lipinski definition) is 1. The van der Waals surface area contributed by atoms with E-state index >= 15 is 0 Å². The van der Waals surface area contributed by atoms with Crippen LogP contribution in [-0.2, 0) is 14.8 Å².